The number of piperidine rings is 3. The Labute approximate surface area is 85.4 Å². The van der Waals surface area contributed by atoms with Crippen LogP contribution < -0.4 is 0 Å². The molecule has 3 fully saturated rings. The third-order valence-electron chi connectivity index (χ3n) is 3.29. The SMILES string of the molecule is CS(=O)(=O)OCC1CN2CCC1CC2. The highest BCUT2D eigenvalue weighted by molar-refractivity contribution is 7.85. The fourth-order valence-electron chi connectivity index (χ4n) is 2.49. The zero-order valence-corrected chi connectivity index (χ0v) is 9.29. The summed E-state index contributed by atoms with van der Waals surface area (Å²) in [6, 6.07) is 0. The zero-order valence-electron chi connectivity index (χ0n) is 8.48. The van der Waals surface area contributed by atoms with Gasteiger partial charge in [0.25, 0.3) is 10.1 Å². The summed E-state index contributed by atoms with van der Waals surface area (Å²) in [5.74, 6) is 1.11. The first-order chi connectivity index (χ1) is 6.54. The van der Waals surface area contributed by atoms with Gasteiger partial charge in [-0.15, -0.1) is 0 Å². The van der Waals surface area contributed by atoms with Crippen molar-refractivity contribution in [1.82, 2.24) is 4.90 Å². The summed E-state index contributed by atoms with van der Waals surface area (Å²) in [6.45, 7) is 3.75. The molecule has 0 saturated carbocycles. The minimum absolute atomic E-state index is 0.375. The molecule has 0 aromatic heterocycles. The second-order valence-corrected chi connectivity index (χ2v) is 6.03. The molecule has 4 nitrogen and oxygen atoms in total. The quantitative estimate of drug-likeness (QED) is 0.641. The van der Waals surface area contributed by atoms with E-state index in [1.54, 1.807) is 0 Å². The average molecular weight is 219 g/mol. The molecule has 1 atom stereocenters. The van der Waals surface area contributed by atoms with Crippen LogP contribution >= 0.6 is 0 Å². The summed E-state index contributed by atoms with van der Waals surface area (Å²) >= 11 is 0. The Kier molecular flexibility index (Phi) is 2.81. The molecule has 0 aromatic carbocycles. The lowest BCUT2D eigenvalue weighted by molar-refractivity contribution is 0.0273. The van der Waals surface area contributed by atoms with Gasteiger partial charge in [-0.1, -0.05) is 0 Å². The second-order valence-electron chi connectivity index (χ2n) is 4.39. The highest BCUT2D eigenvalue weighted by Gasteiger charge is 2.34. The Hall–Kier alpha value is -0.130. The second kappa shape index (κ2) is 3.79. The van der Waals surface area contributed by atoms with Gasteiger partial charge in [0.15, 0.2) is 0 Å². The van der Waals surface area contributed by atoms with Gasteiger partial charge >= 0.3 is 0 Å². The highest BCUT2D eigenvalue weighted by Crippen LogP contribution is 2.32. The summed E-state index contributed by atoms with van der Waals surface area (Å²) in [7, 11) is -3.26. The van der Waals surface area contributed by atoms with E-state index in [2.05, 4.69) is 4.90 Å². The minimum Gasteiger partial charge on any atom is -0.303 e. The molecule has 0 radical (unpaired) electrons. The number of nitrogens with zero attached hydrogens (tertiary/aromatic N) is 1. The van der Waals surface area contributed by atoms with Crippen molar-refractivity contribution in [2.45, 2.75) is 12.8 Å². The molecule has 3 saturated heterocycles. The van der Waals surface area contributed by atoms with Crippen LogP contribution in [0.15, 0.2) is 0 Å². The molecule has 3 rings (SSSR count). The van der Waals surface area contributed by atoms with Gasteiger partial charge in [0.1, 0.15) is 0 Å². The molecule has 0 N–H and O–H groups in total. The first-order valence-corrected chi connectivity index (χ1v) is 6.93. The number of hydrogen-bond acceptors (Lipinski definition) is 4. The third kappa shape index (κ3) is 2.46. The molecule has 0 aliphatic carbocycles. The smallest absolute Gasteiger partial charge is 0.264 e. The first kappa shape index (κ1) is 10.4. The van der Waals surface area contributed by atoms with E-state index in [9.17, 15) is 8.42 Å². The van der Waals surface area contributed by atoms with E-state index in [0.717, 1.165) is 12.8 Å². The molecule has 0 aromatic rings. The highest BCUT2D eigenvalue weighted by atomic mass is 32.2. The maximum atomic E-state index is 10.8. The molecule has 5 heteroatoms. The van der Waals surface area contributed by atoms with Crippen LogP contribution in [0.25, 0.3) is 0 Å². The zero-order chi connectivity index (χ0) is 10.2. The summed E-state index contributed by atoms with van der Waals surface area (Å²) < 4.78 is 26.6. The van der Waals surface area contributed by atoms with Crippen LogP contribution in [0, 0.1) is 11.8 Å². The van der Waals surface area contributed by atoms with E-state index < -0.39 is 10.1 Å². The number of hydrogen-bond donors (Lipinski definition) is 0. The minimum atomic E-state index is -3.26. The molecule has 3 heterocycles. The van der Waals surface area contributed by atoms with Crippen LogP contribution in [-0.2, 0) is 14.3 Å². The molecule has 0 spiro atoms. The number of rotatable bonds is 3. The van der Waals surface area contributed by atoms with Crippen LogP contribution in [0.2, 0.25) is 0 Å². The predicted molar refractivity (Wildman–Crippen MR) is 53.4 cm³/mol. The van der Waals surface area contributed by atoms with Gasteiger partial charge < -0.3 is 4.90 Å². The van der Waals surface area contributed by atoms with Crippen LogP contribution in [-0.4, -0.2) is 45.8 Å². The van der Waals surface area contributed by atoms with E-state index in [-0.39, 0.29) is 0 Å². The van der Waals surface area contributed by atoms with Crippen molar-refractivity contribution in [3.63, 3.8) is 0 Å². The van der Waals surface area contributed by atoms with Gasteiger partial charge in [-0.25, -0.2) is 0 Å². The van der Waals surface area contributed by atoms with E-state index in [4.69, 9.17) is 4.18 Å². The molecule has 82 valence electrons. The molecule has 1 unspecified atom stereocenters. The largest absolute Gasteiger partial charge is 0.303 e. The fraction of sp³-hybridized carbons (Fsp3) is 1.00. The van der Waals surface area contributed by atoms with E-state index in [0.29, 0.717) is 18.4 Å². The van der Waals surface area contributed by atoms with E-state index in [1.165, 1.54) is 25.9 Å². The first-order valence-electron chi connectivity index (χ1n) is 5.11. The van der Waals surface area contributed by atoms with Crippen molar-refractivity contribution in [2.24, 2.45) is 11.8 Å². The van der Waals surface area contributed by atoms with Crippen molar-refractivity contribution >= 4 is 10.1 Å². The van der Waals surface area contributed by atoms with Gasteiger partial charge in [-0.2, -0.15) is 8.42 Å². The van der Waals surface area contributed by atoms with Gasteiger partial charge in [-0.05, 0) is 37.8 Å². The molecule has 2 bridgehead atoms. The third-order valence-corrected chi connectivity index (χ3v) is 3.85. The summed E-state index contributed by atoms with van der Waals surface area (Å²) in [4.78, 5) is 2.40. The molecule has 14 heavy (non-hydrogen) atoms. The molecular formula is C9H17NO3S. The lowest BCUT2D eigenvalue weighted by Crippen LogP contribution is -2.48. The average Bonchev–Trinajstić information content (AvgIpc) is 2.16. The monoisotopic (exact) mass is 219 g/mol. The van der Waals surface area contributed by atoms with Crippen molar-refractivity contribution in [3.05, 3.63) is 0 Å². The Morgan fingerprint density at radius 1 is 1.36 bits per heavy atom. The van der Waals surface area contributed by atoms with Crippen LogP contribution in [0.4, 0.5) is 0 Å². The number of fused-ring (bicyclic) bond motifs is 3. The van der Waals surface area contributed by atoms with Gasteiger partial charge in [0.05, 0.1) is 12.9 Å². The molecule has 0 amide bonds. The Morgan fingerprint density at radius 3 is 2.43 bits per heavy atom. The van der Waals surface area contributed by atoms with Crippen molar-refractivity contribution in [3.8, 4) is 0 Å². The van der Waals surface area contributed by atoms with Gasteiger partial charge in [-0.3, -0.25) is 4.18 Å². The lowest BCUT2D eigenvalue weighted by atomic mass is 9.80. The maximum Gasteiger partial charge on any atom is 0.264 e. The Balaban J connectivity index is 1.87. The van der Waals surface area contributed by atoms with Gasteiger partial charge in [0.2, 0.25) is 0 Å². The van der Waals surface area contributed by atoms with Gasteiger partial charge in [0, 0.05) is 6.54 Å². The summed E-state index contributed by atoms with van der Waals surface area (Å²) in [5.41, 5.74) is 0. The van der Waals surface area contributed by atoms with E-state index >= 15 is 0 Å². The summed E-state index contributed by atoms with van der Waals surface area (Å²) in [5, 5.41) is 0. The Bertz CT molecular complexity index is 293. The van der Waals surface area contributed by atoms with Crippen molar-refractivity contribution in [2.75, 3.05) is 32.5 Å². The lowest BCUT2D eigenvalue weighted by Gasteiger charge is -2.44. The molecule has 3 aliphatic rings. The normalized spacial score (nSPS) is 37.4. The van der Waals surface area contributed by atoms with Crippen LogP contribution in [0.5, 0.6) is 0 Å². The van der Waals surface area contributed by atoms with Crippen LogP contribution in [0.1, 0.15) is 12.8 Å². The Morgan fingerprint density at radius 2 is 2.00 bits per heavy atom. The van der Waals surface area contributed by atoms with Crippen molar-refractivity contribution < 1.29 is 12.6 Å². The summed E-state index contributed by atoms with van der Waals surface area (Å²) in [6.07, 6.45) is 3.53. The standard InChI is InChI=1S/C9H17NO3S/c1-14(11,12)13-7-9-6-10-4-2-8(9)3-5-10/h8-9H,2-7H2,1H3. The predicted octanol–water partition coefficient (Wildman–Crippen LogP) is 0.304. The van der Waals surface area contributed by atoms with E-state index in [1.807, 2.05) is 0 Å². The maximum absolute atomic E-state index is 10.8. The van der Waals surface area contributed by atoms with Crippen molar-refractivity contribution in [1.29, 1.82) is 0 Å². The topological polar surface area (TPSA) is 46.6 Å². The fourth-order valence-corrected chi connectivity index (χ4v) is 2.91. The molecular weight excluding hydrogens is 202 g/mol. The molecule has 3 aliphatic heterocycles. The van der Waals surface area contributed by atoms with Crippen LogP contribution in [0.3, 0.4) is 0 Å².